The van der Waals surface area contributed by atoms with E-state index in [2.05, 4.69) is 10.5 Å². The Morgan fingerprint density at radius 1 is 1.08 bits per heavy atom. The number of carbonyl (C=O) groups is 1. The number of aromatic nitrogens is 1. The Morgan fingerprint density at radius 3 is 2.54 bits per heavy atom. The minimum Gasteiger partial charge on any atom is -0.488 e. The molecule has 0 fully saturated rings. The molecule has 3 aromatic rings. The van der Waals surface area contributed by atoms with Crippen molar-refractivity contribution in [2.75, 3.05) is 5.32 Å². The van der Waals surface area contributed by atoms with Gasteiger partial charge in [-0.15, -0.1) is 0 Å². The second-order valence-electron chi connectivity index (χ2n) is 6.34. The number of hydrogen-bond donors (Lipinski definition) is 1. The molecule has 0 atom stereocenters. The standard InChI is InChI=1S/C21H22N2O3/c1-13-9-10-17(11-14(13)2)22-21(24)18-7-5-6-8-20(18)25-12-19-15(3)23-26-16(19)4/h5-11H,12H2,1-4H3,(H,22,24). The maximum atomic E-state index is 12.7. The van der Waals surface area contributed by atoms with Crippen LogP contribution in [-0.2, 0) is 6.61 Å². The molecule has 0 spiro atoms. The molecular weight excluding hydrogens is 328 g/mol. The van der Waals surface area contributed by atoms with Gasteiger partial charge in [0.2, 0.25) is 0 Å². The highest BCUT2D eigenvalue weighted by Crippen LogP contribution is 2.23. The molecule has 1 amide bonds. The van der Waals surface area contributed by atoms with E-state index in [4.69, 9.17) is 9.26 Å². The number of benzene rings is 2. The van der Waals surface area contributed by atoms with Crippen LogP contribution in [0.3, 0.4) is 0 Å². The normalized spacial score (nSPS) is 10.6. The Kier molecular flexibility index (Phi) is 5.07. The third kappa shape index (κ3) is 3.77. The van der Waals surface area contributed by atoms with Crippen molar-refractivity contribution in [2.45, 2.75) is 34.3 Å². The first kappa shape index (κ1) is 17.7. The molecule has 0 bridgehead atoms. The SMILES string of the molecule is Cc1ccc(NC(=O)c2ccccc2OCc2c(C)noc2C)cc1C. The van der Waals surface area contributed by atoms with Crippen LogP contribution in [0.15, 0.2) is 47.0 Å². The number of nitrogens with one attached hydrogen (secondary N) is 1. The predicted octanol–water partition coefficient (Wildman–Crippen LogP) is 4.74. The van der Waals surface area contributed by atoms with Crippen molar-refractivity contribution in [1.29, 1.82) is 0 Å². The molecule has 5 nitrogen and oxygen atoms in total. The fraction of sp³-hybridized carbons (Fsp3) is 0.238. The lowest BCUT2D eigenvalue weighted by atomic mass is 10.1. The Balaban J connectivity index is 1.77. The molecule has 134 valence electrons. The van der Waals surface area contributed by atoms with Crippen molar-refractivity contribution in [1.82, 2.24) is 5.16 Å². The van der Waals surface area contributed by atoms with Crippen molar-refractivity contribution in [3.63, 3.8) is 0 Å². The zero-order valence-corrected chi connectivity index (χ0v) is 15.4. The number of amides is 1. The summed E-state index contributed by atoms with van der Waals surface area (Å²) in [4.78, 5) is 12.7. The van der Waals surface area contributed by atoms with Crippen molar-refractivity contribution < 1.29 is 14.1 Å². The summed E-state index contributed by atoms with van der Waals surface area (Å²) < 4.78 is 11.0. The van der Waals surface area contributed by atoms with Crippen LogP contribution in [0.5, 0.6) is 5.75 Å². The quantitative estimate of drug-likeness (QED) is 0.722. The molecule has 0 saturated carbocycles. The topological polar surface area (TPSA) is 64.4 Å². The maximum absolute atomic E-state index is 12.7. The van der Waals surface area contributed by atoms with Crippen LogP contribution in [0.4, 0.5) is 5.69 Å². The van der Waals surface area contributed by atoms with Crippen molar-refractivity contribution in [3.05, 3.63) is 76.2 Å². The van der Waals surface area contributed by atoms with E-state index in [1.54, 1.807) is 12.1 Å². The van der Waals surface area contributed by atoms with E-state index in [9.17, 15) is 4.79 Å². The van der Waals surface area contributed by atoms with E-state index in [0.29, 0.717) is 17.9 Å². The second-order valence-corrected chi connectivity index (χ2v) is 6.34. The summed E-state index contributed by atoms with van der Waals surface area (Å²) in [7, 11) is 0. The molecule has 3 rings (SSSR count). The summed E-state index contributed by atoms with van der Waals surface area (Å²) in [5.74, 6) is 1.04. The summed E-state index contributed by atoms with van der Waals surface area (Å²) in [6.07, 6.45) is 0. The predicted molar refractivity (Wildman–Crippen MR) is 101 cm³/mol. The van der Waals surface area contributed by atoms with Gasteiger partial charge in [0.1, 0.15) is 18.1 Å². The van der Waals surface area contributed by atoms with Crippen molar-refractivity contribution in [3.8, 4) is 5.75 Å². The van der Waals surface area contributed by atoms with E-state index in [-0.39, 0.29) is 5.91 Å². The average Bonchev–Trinajstić information content (AvgIpc) is 2.94. The van der Waals surface area contributed by atoms with Crippen LogP contribution in [0.2, 0.25) is 0 Å². The molecule has 5 heteroatoms. The van der Waals surface area contributed by atoms with E-state index in [0.717, 1.165) is 28.3 Å². The van der Waals surface area contributed by atoms with Crippen LogP contribution >= 0.6 is 0 Å². The van der Waals surface area contributed by atoms with Gasteiger partial charge >= 0.3 is 0 Å². The number of carbonyl (C=O) groups excluding carboxylic acids is 1. The van der Waals surface area contributed by atoms with E-state index >= 15 is 0 Å². The molecule has 0 aliphatic heterocycles. The molecule has 0 aliphatic carbocycles. The number of hydrogen-bond acceptors (Lipinski definition) is 4. The zero-order chi connectivity index (χ0) is 18.7. The summed E-state index contributed by atoms with van der Waals surface area (Å²) >= 11 is 0. The highest BCUT2D eigenvalue weighted by Gasteiger charge is 2.15. The molecule has 1 aromatic heterocycles. The smallest absolute Gasteiger partial charge is 0.259 e. The van der Waals surface area contributed by atoms with E-state index in [1.807, 2.05) is 58.0 Å². The van der Waals surface area contributed by atoms with Crippen LogP contribution in [0.25, 0.3) is 0 Å². The molecule has 1 N–H and O–H groups in total. The maximum Gasteiger partial charge on any atom is 0.259 e. The van der Waals surface area contributed by atoms with Gasteiger partial charge in [-0.25, -0.2) is 0 Å². The Bertz CT molecular complexity index is 925. The minimum atomic E-state index is -0.206. The fourth-order valence-corrected chi connectivity index (χ4v) is 2.66. The van der Waals surface area contributed by atoms with E-state index in [1.165, 1.54) is 5.56 Å². The van der Waals surface area contributed by atoms with Gasteiger partial charge in [-0.05, 0) is 63.1 Å². The van der Waals surface area contributed by atoms with Gasteiger partial charge < -0.3 is 14.6 Å². The molecule has 0 aliphatic rings. The van der Waals surface area contributed by atoms with Crippen LogP contribution in [0, 0.1) is 27.7 Å². The van der Waals surface area contributed by atoms with Gasteiger partial charge in [0.05, 0.1) is 16.8 Å². The van der Waals surface area contributed by atoms with Gasteiger partial charge in [-0.1, -0.05) is 23.4 Å². The first-order valence-corrected chi connectivity index (χ1v) is 8.48. The number of anilines is 1. The van der Waals surface area contributed by atoms with Crippen molar-refractivity contribution >= 4 is 11.6 Å². The highest BCUT2D eigenvalue weighted by molar-refractivity contribution is 6.06. The number of rotatable bonds is 5. The summed E-state index contributed by atoms with van der Waals surface area (Å²) in [5.41, 5.74) is 5.25. The van der Waals surface area contributed by atoms with Gasteiger partial charge in [0.15, 0.2) is 0 Å². The monoisotopic (exact) mass is 350 g/mol. The molecule has 0 unspecified atom stereocenters. The number of aryl methyl sites for hydroxylation is 4. The van der Waals surface area contributed by atoms with Crippen LogP contribution < -0.4 is 10.1 Å². The third-order valence-corrected chi connectivity index (χ3v) is 4.45. The fourth-order valence-electron chi connectivity index (χ4n) is 2.66. The lowest BCUT2D eigenvalue weighted by molar-refractivity contribution is 0.102. The van der Waals surface area contributed by atoms with Gasteiger partial charge in [0, 0.05) is 5.69 Å². The first-order chi connectivity index (χ1) is 12.5. The third-order valence-electron chi connectivity index (χ3n) is 4.45. The molecular formula is C21H22N2O3. The number of para-hydroxylation sites is 1. The first-order valence-electron chi connectivity index (χ1n) is 8.48. The molecule has 0 radical (unpaired) electrons. The second kappa shape index (κ2) is 7.44. The van der Waals surface area contributed by atoms with Gasteiger partial charge in [-0.3, -0.25) is 4.79 Å². The minimum absolute atomic E-state index is 0.206. The molecule has 0 saturated heterocycles. The summed E-state index contributed by atoms with van der Waals surface area (Å²) in [5, 5.41) is 6.86. The molecule has 2 aromatic carbocycles. The number of nitrogens with zero attached hydrogens (tertiary/aromatic N) is 1. The lowest BCUT2D eigenvalue weighted by Gasteiger charge is -2.12. The number of ether oxygens (including phenoxy) is 1. The highest BCUT2D eigenvalue weighted by atomic mass is 16.5. The Morgan fingerprint density at radius 2 is 1.85 bits per heavy atom. The summed E-state index contributed by atoms with van der Waals surface area (Å²) in [6, 6.07) is 13.0. The largest absolute Gasteiger partial charge is 0.488 e. The molecule has 26 heavy (non-hydrogen) atoms. The van der Waals surface area contributed by atoms with Crippen molar-refractivity contribution in [2.24, 2.45) is 0 Å². The van der Waals surface area contributed by atoms with Crippen LogP contribution in [-0.4, -0.2) is 11.1 Å². The lowest BCUT2D eigenvalue weighted by Crippen LogP contribution is -2.14. The summed E-state index contributed by atoms with van der Waals surface area (Å²) in [6.45, 7) is 8.07. The van der Waals surface area contributed by atoms with Gasteiger partial charge in [0.25, 0.3) is 5.91 Å². The molecule has 1 heterocycles. The average molecular weight is 350 g/mol. The van der Waals surface area contributed by atoms with E-state index < -0.39 is 0 Å². The zero-order valence-electron chi connectivity index (χ0n) is 15.4. The Hall–Kier alpha value is -3.08. The Labute approximate surface area is 153 Å². The van der Waals surface area contributed by atoms with Crippen LogP contribution in [0.1, 0.15) is 38.5 Å². The van der Waals surface area contributed by atoms with Gasteiger partial charge in [-0.2, -0.15) is 0 Å².